The molecule has 6 nitrogen and oxygen atoms in total. The number of fused-ring (bicyclic) bond motifs is 1. The van der Waals surface area contributed by atoms with Crippen LogP contribution >= 0.6 is 12.4 Å². The molecular formula is C22H25ClFN3O3. The van der Waals surface area contributed by atoms with E-state index >= 15 is 0 Å². The maximum Gasteiger partial charge on any atom is 0.327 e. The fourth-order valence-electron chi connectivity index (χ4n) is 3.83. The standard InChI is InChI=1S/C22H24FN3O3.ClH/c23-18-6-8-19(9-7-18)29-15-14-24-12-13-25-20(16-24)21(27)26(22(25)28)11-10-17-4-2-1-3-5-17;/h1-9,20H,10-16H2;1H. The summed E-state index contributed by atoms with van der Waals surface area (Å²) in [5, 5.41) is 0. The van der Waals surface area contributed by atoms with Crippen LogP contribution in [0.1, 0.15) is 5.56 Å². The Morgan fingerprint density at radius 1 is 0.967 bits per heavy atom. The van der Waals surface area contributed by atoms with E-state index in [2.05, 4.69) is 4.90 Å². The van der Waals surface area contributed by atoms with E-state index in [0.717, 1.165) is 5.56 Å². The van der Waals surface area contributed by atoms with Crippen LogP contribution in [0.2, 0.25) is 0 Å². The van der Waals surface area contributed by atoms with Crippen molar-refractivity contribution in [3.63, 3.8) is 0 Å². The van der Waals surface area contributed by atoms with Gasteiger partial charge in [-0.3, -0.25) is 14.6 Å². The van der Waals surface area contributed by atoms with E-state index in [1.54, 1.807) is 17.0 Å². The molecule has 30 heavy (non-hydrogen) atoms. The van der Waals surface area contributed by atoms with Crippen molar-refractivity contribution in [2.45, 2.75) is 12.5 Å². The lowest BCUT2D eigenvalue weighted by Crippen LogP contribution is -2.53. The van der Waals surface area contributed by atoms with Gasteiger partial charge in [-0.05, 0) is 36.2 Å². The lowest BCUT2D eigenvalue weighted by Gasteiger charge is -2.35. The summed E-state index contributed by atoms with van der Waals surface area (Å²) in [7, 11) is 0. The smallest absolute Gasteiger partial charge is 0.327 e. The molecule has 2 aromatic carbocycles. The lowest BCUT2D eigenvalue weighted by atomic mass is 10.1. The number of benzene rings is 2. The number of imide groups is 1. The first-order valence-corrected chi connectivity index (χ1v) is 9.88. The second-order valence-corrected chi connectivity index (χ2v) is 7.32. The number of hydrogen-bond donors (Lipinski definition) is 0. The molecule has 0 bridgehead atoms. The highest BCUT2D eigenvalue weighted by atomic mass is 35.5. The molecule has 0 spiro atoms. The zero-order valence-electron chi connectivity index (χ0n) is 16.6. The van der Waals surface area contributed by atoms with Gasteiger partial charge in [-0.1, -0.05) is 30.3 Å². The predicted octanol–water partition coefficient (Wildman–Crippen LogP) is 2.82. The van der Waals surface area contributed by atoms with E-state index in [1.165, 1.54) is 17.0 Å². The minimum absolute atomic E-state index is 0. The molecule has 0 aromatic heterocycles. The molecule has 4 rings (SSSR count). The molecule has 2 aromatic rings. The van der Waals surface area contributed by atoms with Crippen molar-refractivity contribution in [2.75, 3.05) is 39.3 Å². The fourth-order valence-corrected chi connectivity index (χ4v) is 3.83. The fraction of sp³-hybridized carbons (Fsp3) is 0.364. The zero-order chi connectivity index (χ0) is 20.2. The Hall–Kier alpha value is -2.64. The zero-order valence-corrected chi connectivity index (χ0v) is 17.4. The predicted molar refractivity (Wildman–Crippen MR) is 113 cm³/mol. The summed E-state index contributed by atoms with van der Waals surface area (Å²) in [5.74, 6) is 0.203. The maximum atomic E-state index is 12.9. The number of rotatable bonds is 7. The van der Waals surface area contributed by atoms with Crippen LogP contribution in [0.4, 0.5) is 9.18 Å². The number of carbonyl (C=O) groups excluding carboxylic acids is 2. The summed E-state index contributed by atoms with van der Waals surface area (Å²) in [6, 6.07) is 15.2. The third-order valence-electron chi connectivity index (χ3n) is 5.45. The van der Waals surface area contributed by atoms with Crippen molar-refractivity contribution in [3.05, 3.63) is 66.0 Å². The average Bonchev–Trinajstić information content (AvgIpc) is 2.98. The lowest BCUT2D eigenvalue weighted by molar-refractivity contribution is -0.129. The van der Waals surface area contributed by atoms with Crippen molar-refractivity contribution in [2.24, 2.45) is 0 Å². The normalized spacial score (nSPS) is 18.9. The van der Waals surface area contributed by atoms with E-state index < -0.39 is 6.04 Å². The third kappa shape index (κ3) is 4.91. The number of carbonyl (C=O) groups is 2. The molecule has 2 saturated heterocycles. The summed E-state index contributed by atoms with van der Waals surface area (Å²) in [4.78, 5) is 30.7. The second kappa shape index (κ2) is 9.91. The number of hydrogen-bond acceptors (Lipinski definition) is 4. The van der Waals surface area contributed by atoms with Gasteiger partial charge in [0.2, 0.25) is 0 Å². The molecule has 0 N–H and O–H groups in total. The van der Waals surface area contributed by atoms with Crippen LogP contribution in [0.5, 0.6) is 5.75 Å². The van der Waals surface area contributed by atoms with Gasteiger partial charge >= 0.3 is 6.03 Å². The minimum atomic E-state index is -0.419. The van der Waals surface area contributed by atoms with E-state index in [0.29, 0.717) is 51.5 Å². The number of ether oxygens (including phenoxy) is 1. The Morgan fingerprint density at radius 3 is 2.43 bits per heavy atom. The number of halogens is 2. The Labute approximate surface area is 181 Å². The molecule has 8 heteroatoms. The van der Waals surface area contributed by atoms with Gasteiger partial charge in [0.1, 0.15) is 24.2 Å². The molecule has 0 aliphatic carbocycles. The topological polar surface area (TPSA) is 53.1 Å². The van der Waals surface area contributed by atoms with E-state index in [1.807, 2.05) is 30.3 Å². The minimum Gasteiger partial charge on any atom is -0.492 e. The first-order valence-electron chi connectivity index (χ1n) is 9.88. The van der Waals surface area contributed by atoms with Crippen LogP contribution in [0.25, 0.3) is 0 Å². The molecule has 2 heterocycles. The molecule has 1 atom stereocenters. The first kappa shape index (κ1) is 22.1. The summed E-state index contributed by atoms with van der Waals surface area (Å²) < 4.78 is 18.6. The van der Waals surface area contributed by atoms with Crippen LogP contribution in [-0.2, 0) is 11.2 Å². The molecule has 3 amide bonds. The first-order chi connectivity index (χ1) is 14.1. The van der Waals surface area contributed by atoms with Crippen molar-refractivity contribution >= 4 is 24.3 Å². The summed E-state index contributed by atoms with van der Waals surface area (Å²) in [5.41, 5.74) is 1.11. The third-order valence-corrected chi connectivity index (χ3v) is 5.45. The summed E-state index contributed by atoms with van der Waals surface area (Å²) in [6.07, 6.45) is 0.661. The van der Waals surface area contributed by atoms with Gasteiger partial charge in [0.05, 0.1) is 0 Å². The van der Waals surface area contributed by atoms with Crippen molar-refractivity contribution < 1.29 is 18.7 Å². The monoisotopic (exact) mass is 433 g/mol. The molecule has 2 aliphatic rings. The van der Waals surface area contributed by atoms with E-state index in [4.69, 9.17) is 4.74 Å². The largest absolute Gasteiger partial charge is 0.492 e. The Balaban J connectivity index is 0.00000256. The van der Waals surface area contributed by atoms with Crippen molar-refractivity contribution in [1.29, 1.82) is 0 Å². The molecule has 2 aliphatic heterocycles. The van der Waals surface area contributed by atoms with Crippen LogP contribution in [0, 0.1) is 5.82 Å². The SMILES string of the molecule is Cl.O=C1C2CN(CCOc3ccc(F)cc3)CCN2C(=O)N1CCc1ccccc1. The van der Waals surface area contributed by atoms with Crippen LogP contribution in [0.15, 0.2) is 54.6 Å². The van der Waals surface area contributed by atoms with Gasteiger partial charge in [0.15, 0.2) is 0 Å². The molecule has 160 valence electrons. The van der Waals surface area contributed by atoms with Crippen LogP contribution in [-0.4, -0.2) is 72.0 Å². The molecular weight excluding hydrogens is 409 g/mol. The maximum absolute atomic E-state index is 12.9. The van der Waals surface area contributed by atoms with Gasteiger partial charge in [-0.2, -0.15) is 0 Å². The number of nitrogens with zero attached hydrogens (tertiary/aromatic N) is 3. The van der Waals surface area contributed by atoms with Gasteiger partial charge in [0.25, 0.3) is 5.91 Å². The quantitative estimate of drug-likeness (QED) is 0.630. The van der Waals surface area contributed by atoms with Gasteiger partial charge < -0.3 is 9.64 Å². The van der Waals surface area contributed by atoms with Crippen molar-refractivity contribution in [1.82, 2.24) is 14.7 Å². The van der Waals surface area contributed by atoms with E-state index in [-0.39, 0.29) is 30.2 Å². The number of amides is 3. The summed E-state index contributed by atoms with van der Waals surface area (Å²) >= 11 is 0. The average molecular weight is 434 g/mol. The van der Waals surface area contributed by atoms with Crippen LogP contribution < -0.4 is 4.74 Å². The second-order valence-electron chi connectivity index (χ2n) is 7.32. The highest BCUT2D eigenvalue weighted by Crippen LogP contribution is 2.22. The molecule has 1 unspecified atom stereocenters. The number of piperazine rings is 1. The molecule has 2 fully saturated rings. The Morgan fingerprint density at radius 2 is 1.70 bits per heavy atom. The van der Waals surface area contributed by atoms with E-state index in [9.17, 15) is 14.0 Å². The highest BCUT2D eigenvalue weighted by molar-refractivity contribution is 6.04. The van der Waals surface area contributed by atoms with Gasteiger partial charge in [-0.25, -0.2) is 9.18 Å². The molecule has 0 radical (unpaired) electrons. The molecule has 0 saturated carbocycles. The van der Waals surface area contributed by atoms with Crippen molar-refractivity contribution in [3.8, 4) is 5.75 Å². The van der Waals surface area contributed by atoms with Gasteiger partial charge in [-0.15, -0.1) is 12.4 Å². The Kier molecular flexibility index (Phi) is 7.29. The highest BCUT2D eigenvalue weighted by Gasteiger charge is 2.47. The van der Waals surface area contributed by atoms with Crippen LogP contribution in [0.3, 0.4) is 0 Å². The summed E-state index contributed by atoms with van der Waals surface area (Å²) in [6.45, 7) is 3.25. The Bertz CT molecular complexity index is 866. The number of urea groups is 1. The van der Waals surface area contributed by atoms with Gasteiger partial charge in [0, 0.05) is 32.7 Å².